The largest absolute Gasteiger partial charge is 0.403 e. The highest BCUT2D eigenvalue weighted by Crippen LogP contribution is 2.53. The van der Waals surface area contributed by atoms with Gasteiger partial charge in [0.2, 0.25) is 5.91 Å². The number of halogens is 4. The van der Waals surface area contributed by atoms with Crippen LogP contribution in [0.5, 0.6) is 0 Å². The first kappa shape index (κ1) is 23.7. The van der Waals surface area contributed by atoms with E-state index in [0.29, 0.717) is 23.4 Å². The number of hydrogen-bond donors (Lipinski definition) is 2. The van der Waals surface area contributed by atoms with Crippen LogP contribution in [0.25, 0.3) is 22.9 Å². The lowest BCUT2D eigenvalue weighted by molar-refractivity contribution is -0.240. The summed E-state index contributed by atoms with van der Waals surface area (Å²) in [5, 5.41) is 10.6. The van der Waals surface area contributed by atoms with Gasteiger partial charge in [0.05, 0.1) is 18.4 Å². The number of alkyl halides is 4. The number of rotatable bonds is 6. The van der Waals surface area contributed by atoms with Crippen LogP contribution in [0.3, 0.4) is 0 Å². The highest BCUT2D eigenvalue weighted by atomic mass is 19.4. The quantitative estimate of drug-likeness (QED) is 0.476. The summed E-state index contributed by atoms with van der Waals surface area (Å²) in [7, 11) is 0. The average Bonchev–Trinajstić information content (AvgIpc) is 3.45. The first-order valence-electron chi connectivity index (χ1n) is 11.2. The van der Waals surface area contributed by atoms with Crippen molar-refractivity contribution in [3.05, 3.63) is 48.4 Å². The summed E-state index contributed by atoms with van der Waals surface area (Å²) < 4.78 is 61.2. The van der Waals surface area contributed by atoms with E-state index in [1.54, 1.807) is 30.4 Å². The number of amides is 1. The third-order valence-electron chi connectivity index (χ3n) is 6.48. The van der Waals surface area contributed by atoms with Gasteiger partial charge in [0.1, 0.15) is 34.9 Å². The second-order valence-corrected chi connectivity index (χ2v) is 8.71. The number of allylic oxidation sites excluding steroid dienone is 4. The Labute approximate surface area is 202 Å². The van der Waals surface area contributed by atoms with Crippen molar-refractivity contribution in [2.24, 2.45) is 5.41 Å². The number of nitrogens with one attached hydrogen (secondary N) is 1. The van der Waals surface area contributed by atoms with E-state index in [1.165, 1.54) is 10.9 Å². The number of nitrogens with two attached hydrogens (primary N) is 1. The fourth-order valence-electron chi connectivity index (χ4n) is 4.19. The van der Waals surface area contributed by atoms with E-state index in [2.05, 4.69) is 25.5 Å². The standard InChI is InChI=1S/C23H21F4N7O2/c24-14-5-2-1-4-13(14)12-34-18(15-6-9-36-33-15)10-16(32-34)20-29-11-17(19(28)31-20)30-21(35)22(7-3-8-22)23(25,26)27/h1-2,4,6,9-11,14H,3,5,7-8,12H2,(H,30,35)(H2,28,29,31). The van der Waals surface area contributed by atoms with Gasteiger partial charge in [-0.25, -0.2) is 14.4 Å². The van der Waals surface area contributed by atoms with E-state index in [1.807, 2.05) is 0 Å². The van der Waals surface area contributed by atoms with Crippen LogP contribution in [-0.4, -0.2) is 43.2 Å². The van der Waals surface area contributed by atoms with Crippen LogP contribution < -0.4 is 11.1 Å². The van der Waals surface area contributed by atoms with Gasteiger partial charge in [-0.2, -0.15) is 18.3 Å². The summed E-state index contributed by atoms with van der Waals surface area (Å²) >= 11 is 0. The summed E-state index contributed by atoms with van der Waals surface area (Å²) in [5.74, 6) is -1.33. The van der Waals surface area contributed by atoms with Gasteiger partial charge < -0.3 is 15.6 Å². The van der Waals surface area contributed by atoms with Crippen molar-refractivity contribution in [1.82, 2.24) is 24.9 Å². The molecule has 0 aliphatic heterocycles. The molecule has 3 heterocycles. The third-order valence-corrected chi connectivity index (χ3v) is 6.48. The maximum atomic E-state index is 14.4. The number of nitrogens with zero attached hydrogens (tertiary/aromatic N) is 5. The van der Waals surface area contributed by atoms with Crippen LogP contribution in [0.4, 0.5) is 29.1 Å². The van der Waals surface area contributed by atoms with Crippen molar-refractivity contribution in [2.75, 3.05) is 11.1 Å². The van der Waals surface area contributed by atoms with Crippen molar-refractivity contribution in [3.8, 4) is 22.9 Å². The summed E-state index contributed by atoms with van der Waals surface area (Å²) in [6.07, 6.45) is 1.90. The second-order valence-electron chi connectivity index (χ2n) is 8.71. The van der Waals surface area contributed by atoms with Gasteiger partial charge in [0, 0.05) is 12.5 Å². The molecule has 0 aromatic carbocycles. The molecular formula is C23H21F4N7O2. The molecule has 3 N–H and O–H groups in total. The van der Waals surface area contributed by atoms with Crippen LogP contribution in [-0.2, 0) is 11.3 Å². The van der Waals surface area contributed by atoms with E-state index in [0.717, 1.165) is 6.20 Å². The number of carbonyl (C=O) groups excluding carboxylic acids is 1. The smallest absolute Gasteiger partial charge is 0.382 e. The molecular weight excluding hydrogens is 482 g/mol. The predicted octanol–water partition coefficient (Wildman–Crippen LogP) is 4.47. The Morgan fingerprint density at radius 2 is 2.11 bits per heavy atom. The lowest BCUT2D eigenvalue weighted by Gasteiger charge is -2.41. The summed E-state index contributed by atoms with van der Waals surface area (Å²) in [6.45, 7) is 0.136. The van der Waals surface area contributed by atoms with Crippen molar-refractivity contribution >= 4 is 17.4 Å². The van der Waals surface area contributed by atoms with Crippen LogP contribution >= 0.6 is 0 Å². The summed E-state index contributed by atoms with van der Waals surface area (Å²) in [4.78, 5) is 20.7. The molecule has 9 nitrogen and oxygen atoms in total. The number of nitrogen functional groups attached to an aromatic ring is 1. The zero-order chi connectivity index (χ0) is 25.5. The number of anilines is 2. The van der Waals surface area contributed by atoms with E-state index in [-0.39, 0.29) is 48.8 Å². The van der Waals surface area contributed by atoms with E-state index >= 15 is 0 Å². The van der Waals surface area contributed by atoms with Crippen molar-refractivity contribution < 1.29 is 26.9 Å². The zero-order valence-corrected chi connectivity index (χ0v) is 18.8. The molecule has 1 amide bonds. The molecule has 0 spiro atoms. The molecule has 1 atom stereocenters. The van der Waals surface area contributed by atoms with Crippen LogP contribution in [0, 0.1) is 5.41 Å². The van der Waals surface area contributed by atoms with Gasteiger partial charge in [0.25, 0.3) is 0 Å². The fourth-order valence-corrected chi connectivity index (χ4v) is 4.19. The number of aromatic nitrogens is 5. The Morgan fingerprint density at radius 1 is 1.31 bits per heavy atom. The Hall–Kier alpha value is -4.03. The maximum absolute atomic E-state index is 14.4. The normalized spacial score (nSPS) is 19.0. The zero-order valence-electron chi connectivity index (χ0n) is 18.8. The maximum Gasteiger partial charge on any atom is 0.403 e. The highest BCUT2D eigenvalue weighted by Gasteiger charge is 2.63. The predicted molar refractivity (Wildman–Crippen MR) is 121 cm³/mol. The first-order valence-corrected chi connectivity index (χ1v) is 11.2. The van der Waals surface area contributed by atoms with Crippen LogP contribution in [0.2, 0.25) is 0 Å². The monoisotopic (exact) mass is 503 g/mol. The molecule has 2 aliphatic carbocycles. The van der Waals surface area contributed by atoms with Gasteiger partial charge in [-0.15, -0.1) is 0 Å². The fraction of sp³-hybridized carbons (Fsp3) is 0.348. The second kappa shape index (κ2) is 8.88. The molecule has 0 bridgehead atoms. The van der Waals surface area contributed by atoms with Crippen molar-refractivity contribution in [1.29, 1.82) is 0 Å². The minimum Gasteiger partial charge on any atom is -0.382 e. The van der Waals surface area contributed by atoms with Gasteiger partial charge in [-0.1, -0.05) is 29.8 Å². The lowest BCUT2D eigenvalue weighted by Crippen LogP contribution is -2.52. The molecule has 36 heavy (non-hydrogen) atoms. The van der Waals surface area contributed by atoms with Crippen molar-refractivity contribution in [3.63, 3.8) is 0 Å². The van der Waals surface area contributed by atoms with Gasteiger partial charge >= 0.3 is 6.18 Å². The van der Waals surface area contributed by atoms with Gasteiger partial charge in [-0.3, -0.25) is 9.48 Å². The summed E-state index contributed by atoms with van der Waals surface area (Å²) in [5.41, 5.74) is 5.14. The van der Waals surface area contributed by atoms with Gasteiger partial charge in [-0.05, 0) is 24.5 Å². The molecule has 0 radical (unpaired) electrons. The average molecular weight is 503 g/mol. The molecule has 1 unspecified atom stereocenters. The molecule has 2 aliphatic rings. The van der Waals surface area contributed by atoms with Gasteiger partial charge in [0.15, 0.2) is 11.6 Å². The Morgan fingerprint density at radius 3 is 2.72 bits per heavy atom. The van der Waals surface area contributed by atoms with E-state index in [4.69, 9.17) is 10.3 Å². The topological polar surface area (TPSA) is 125 Å². The molecule has 0 saturated heterocycles. The number of hydrogen-bond acceptors (Lipinski definition) is 7. The molecule has 3 aromatic rings. The Balaban J connectivity index is 1.43. The highest BCUT2D eigenvalue weighted by molar-refractivity contribution is 5.98. The first-order chi connectivity index (χ1) is 17.2. The Bertz CT molecular complexity index is 1340. The van der Waals surface area contributed by atoms with Crippen LogP contribution in [0.1, 0.15) is 25.7 Å². The molecule has 188 valence electrons. The van der Waals surface area contributed by atoms with E-state index < -0.39 is 23.7 Å². The minimum atomic E-state index is -4.67. The molecule has 1 fully saturated rings. The van der Waals surface area contributed by atoms with E-state index in [9.17, 15) is 22.4 Å². The van der Waals surface area contributed by atoms with Crippen molar-refractivity contribution in [2.45, 2.75) is 44.6 Å². The molecule has 1 saturated carbocycles. The SMILES string of the molecule is Nc1nc(-c2cc(-c3ccon3)n(CC3=CC=CCC3F)n2)ncc1NC(=O)C1(C(F)(F)F)CCC1. The minimum absolute atomic E-state index is 0.0671. The molecule has 13 heteroatoms. The Kier molecular flexibility index (Phi) is 5.85. The molecule has 3 aromatic heterocycles. The lowest BCUT2D eigenvalue weighted by atomic mass is 9.67. The van der Waals surface area contributed by atoms with Crippen LogP contribution in [0.15, 0.2) is 52.9 Å². The summed E-state index contributed by atoms with van der Waals surface area (Å²) in [6, 6.07) is 3.23. The molecule has 5 rings (SSSR count). The third kappa shape index (κ3) is 4.14. The number of carbonyl (C=O) groups is 1.